The zero-order valence-corrected chi connectivity index (χ0v) is 10.0. The summed E-state index contributed by atoms with van der Waals surface area (Å²) >= 11 is 5.14. The van der Waals surface area contributed by atoms with Crippen molar-refractivity contribution in [1.29, 1.82) is 0 Å². The smallest absolute Gasteiger partial charge is 0.261 e. The van der Waals surface area contributed by atoms with E-state index in [9.17, 15) is 4.79 Å². The van der Waals surface area contributed by atoms with Crippen LogP contribution < -0.4 is 5.56 Å². The van der Waals surface area contributed by atoms with Crippen molar-refractivity contribution >= 4 is 33.9 Å². The summed E-state index contributed by atoms with van der Waals surface area (Å²) in [5, 5.41) is 2.78. The molecule has 4 heteroatoms. The highest BCUT2D eigenvalue weighted by atomic mass is 32.1. The average molecular weight is 242 g/mol. The molecule has 0 spiro atoms. The molecular weight excluding hydrogens is 232 g/mol. The number of nitrogens with zero attached hydrogens (tertiary/aromatic N) is 1. The van der Waals surface area contributed by atoms with E-state index in [1.54, 1.807) is 7.05 Å². The van der Waals surface area contributed by atoms with Crippen LogP contribution in [0.1, 0.15) is 0 Å². The van der Waals surface area contributed by atoms with Crippen molar-refractivity contribution in [3.63, 3.8) is 0 Å². The molecule has 84 valence electrons. The number of aromatic amines is 1. The second-order valence-electron chi connectivity index (χ2n) is 4.00. The summed E-state index contributed by atoms with van der Waals surface area (Å²) in [6.45, 7) is 0. The Balaban J connectivity index is 2.69. The van der Waals surface area contributed by atoms with E-state index in [0.29, 0.717) is 10.2 Å². The van der Waals surface area contributed by atoms with Crippen LogP contribution in [0.5, 0.6) is 0 Å². The van der Waals surface area contributed by atoms with Crippen molar-refractivity contribution in [3.8, 4) is 0 Å². The lowest BCUT2D eigenvalue weighted by Gasteiger charge is -2.05. The van der Waals surface area contributed by atoms with Gasteiger partial charge in [-0.25, -0.2) is 0 Å². The van der Waals surface area contributed by atoms with Gasteiger partial charge in [-0.15, -0.1) is 0 Å². The molecule has 1 heterocycles. The first-order valence-electron chi connectivity index (χ1n) is 5.29. The molecule has 0 amide bonds. The lowest BCUT2D eigenvalue weighted by atomic mass is 10.1. The van der Waals surface area contributed by atoms with E-state index >= 15 is 0 Å². The zero-order chi connectivity index (χ0) is 12.0. The summed E-state index contributed by atoms with van der Waals surface area (Å²) in [6, 6.07) is 11.7. The molecule has 0 fully saturated rings. The normalized spacial score (nSPS) is 11.1. The molecule has 3 nitrogen and oxygen atoms in total. The average Bonchev–Trinajstić information content (AvgIpc) is 2.36. The fourth-order valence-electron chi connectivity index (χ4n) is 2.05. The molecule has 1 N–H and O–H groups in total. The summed E-state index contributed by atoms with van der Waals surface area (Å²) in [5.74, 6) is 0. The number of fused-ring (bicyclic) bond motifs is 3. The minimum Gasteiger partial charge on any atom is -0.331 e. The van der Waals surface area contributed by atoms with E-state index in [4.69, 9.17) is 12.2 Å². The summed E-state index contributed by atoms with van der Waals surface area (Å²) in [5.41, 5.74) is 0.755. The molecule has 3 rings (SSSR count). The summed E-state index contributed by atoms with van der Waals surface area (Å²) in [6.07, 6.45) is 0. The zero-order valence-electron chi connectivity index (χ0n) is 9.23. The quantitative estimate of drug-likeness (QED) is 0.486. The third-order valence-electron chi connectivity index (χ3n) is 3.00. The molecule has 0 saturated heterocycles. The van der Waals surface area contributed by atoms with Crippen molar-refractivity contribution < 1.29 is 0 Å². The van der Waals surface area contributed by atoms with Gasteiger partial charge in [-0.05, 0) is 23.7 Å². The number of rotatable bonds is 0. The number of hydrogen-bond acceptors (Lipinski definition) is 2. The van der Waals surface area contributed by atoms with Crippen LogP contribution in [-0.2, 0) is 7.05 Å². The van der Waals surface area contributed by atoms with Crippen LogP contribution in [0.25, 0.3) is 21.7 Å². The maximum absolute atomic E-state index is 12.1. The Morgan fingerprint density at radius 1 is 1.12 bits per heavy atom. The maximum atomic E-state index is 12.1. The Labute approximate surface area is 102 Å². The third-order valence-corrected chi connectivity index (χ3v) is 3.38. The molecule has 0 atom stereocenters. The Bertz CT molecular complexity index is 845. The van der Waals surface area contributed by atoms with Gasteiger partial charge in [0.15, 0.2) is 4.77 Å². The van der Waals surface area contributed by atoms with Crippen molar-refractivity contribution in [2.45, 2.75) is 0 Å². The van der Waals surface area contributed by atoms with Gasteiger partial charge < -0.3 is 4.98 Å². The number of nitrogens with one attached hydrogen (secondary N) is 1. The van der Waals surface area contributed by atoms with Crippen LogP contribution in [0.3, 0.4) is 0 Å². The van der Waals surface area contributed by atoms with Crippen LogP contribution in [0.2, 0.25) is 0 Å². The molecule has 17 heavy (non-hydrogen) atoms. The Kier molecular flexibility index (Phi) is 2.12. The summed E-state index contributed by atoms with van der Waals surface area (Å²) < 4.78 is 1.89. The third kappa shape index (κ3) is 1.41. The van der Waals surface area contributed by atoms with Crippen molar-refractivity contribution in [1.82, 2.24) is 9.55 Å². The summed E-state index contributed by atoms with van der Waals surface area (Å²) in [4.78, 5) is 15.2. The first-order chi connectivity index (χ1) is 8.18. The van der Waals surface area contributed by atoms with Crippen LogP contribution in [-0.4, -0.2) is 9.55 Å². The molecule has 0 aliphatic carbocycles. The largest absolute Gasteiger partial charge is 0.331 e. The predicted molar refractivity (Wildman–Crippen MR) is 71.9 cm³/mol. The van der Waals surface area contributed by atoms with E-state index in [0.717, 1.165) is 16.3 Å². The minimum atomic E-state index is -0.0606. The van der Waals surface area contributed by atoms with E-state index in [1.807, 2.05) is 36.4 Å². The lowest BCUT2D eigenvalue weighted by molar-refractivity contribution is 0.825. The molecule has 1 aromatic heterocycles. The second-order valence-corrected chi connectivity index (χ2v) is 4.39. The molecule has 3 aromatic rings. The van der Waals surface area contributed by atoms with Gasteiger partial charge in [-0.3, -0.25) is 9.36 Å². The topological polar surface area (TPSA) is 37.8 Å². The molecule has 0 radical (unpaired) electrons. The van der Waals surface area contributed by atoms with Gasteiger partial charge >= 0.3 is 0 Å². The van der Waals surface area contributed by atoms with Gasteiger partial charge in [0.2, 0.25) is 0 Å². The molecular formula is C13H10N2OS. The number of aromatic nitrogens is 2. The highest BCUT2D eigenvalue weighted by Gasteiger charge is 2.05. The predicted octanol–water partition coefficient (Wildman–Crippen LogP) is 2.75. The van der Waals surface area contributed by atoms with Crippen LogP contribution in [0, 0.1) is 4.77 Å². The van der Waals surface area contributed by atoms with Crippen LogP contribution in [0.4, 0.5) is 0 Å². The highest BCUT2D eigenvalue weighted by molar-refractivity contribution is 7.71. The Morgan fingerprint density at radius 2 is 1.88 bits per heavy atom. The first-order valence-corrected chi connectivity index (χ1v) is 5.70. The fourth-order valence-corrected chi connectivity index (χ4v) is 2.23. The fraction of sp³-hybridized carbons (Fsp3) is 0.0769. The highest BCUT2D eigenvalue weighted by Crippen LogP contribution is 2.21. The van der Waals surface area contributed by atoms with Gasteiger partial charge in [0.1, 0.15) is 0 Å². The Hall–Kier alpha value is -1.94. The van der Waals surface area contributed by atoms with Crippen LogP contribution >= 0.6 is 12.2 Å². The van der Waals surface area contributed by atoms with E-state index < -0.39 is 0 Å². The molecule has 0 bridgehead atoms. The molecule has 0 aliphatic rings. The molecule has 0 saturated carbocycles. The van der Waals surface area contributed by atoms with Gasteiger partial charge in [0.05, 0.1) is 10.9 Å². The van der Waals surface area contributed by atoms with E-state index in [2.05, 4.69) is 4.98 Å². The van der Waals surface area contributed by atoms with Crippen LogP contribution in [0.15, 0.2) is 41.2 Å². The van der Waals surface area contributed by atoms with Crippen molar-refractivity contribution in [2.24, 2.45) is 7.05 Å². The minimum absolute atomic E-state index is 0.0606. The monoisotopic (exact) mass is 242 g/mol. The molecule has 2 aromatic carbocycles. The number of benzene rings is 2. The molecule has 0 aliphatic heterocycles. The lowest BCUT2D eigenvalue weighted by Crippen LogP contribution is -2.18. The molecule has 0 unspecified atom stereocenters. The van der Waals surface area contributed by atoms with Gasteiger partial charge in [-0.1, -0.05) is 30.3 Å². The van der Waals surface area contributed by atoms with Gasteiger partial charge in [0, 0.05) is 12.4 Å². The number of hydrogen-bond donors (Lipinski definition) is 1. The van der Waals surface area contributed by atoms with E-state index in [-0.39, 0.29) is 5.56 Å². The SMILES string of the molecule is Cn1c(=S)[nH]c2c(ccc3ccccc32)c1=O. The number of H-pyrrole nitrogens is 1. The van der Waals surface area contributed by atoms with Crippen molar-refractivity contribution in [3.05, 3.63) is 51.5 Å². The van der Waals surface area contributed by atoms with Gasteiger partial charge in [0.25, 0.3) is 5.56 Å². The van der Waals surface area contributed by atoms with Gasteiger partial charge in [-0.2, -0.15) is 0 Å². The van der Waals surface area contributed by atoms with E-state index in [1.165, 1.54) is 4.57 Å². The maximum Gasteiger partial charge on any atom is 0.261 e. The second kappa shape index (κ2) is 3.53. The first kappa shape index (κ1) is 10.2. The van der Waals surface area contributed by atoms with Crippen molar-refractivity contribution in [2.75, 3.05) is 0 Å². The Morgan fingerprint density at radius 3 is 2.71 bits per heavy atom. The summed E-state index contributed by atoms with van der Waals surface area (Å²) in [7, 11) is 1.68. The standard InChI is InChI=1S/C13H10N2OS/c1-15-12(16)10-7-6-8-4-2-3-5-9(8)11(10)14-13(15)17/h2-7H,1H3,(H,14,17).